The smallest absolute Gasteiger partial charge is 2.00 e. The van der Waals surface area contributed by atoms with Gasteiger partial charge in [0.25, 0.3) is 0 Å². The molecule has 0 aromatic rings. The van der Waals surface area contributed by atoms with Gasteiger partial charge in [0.15, 0.2) is 0 Å². The predicted octanol–water partition coefficient (Wildman–Crippen LogP) is -2.62. The normalized spacial score (nSPS) is 9.67. The first-order valence-corrected chi connectivity index (χ1v) is 2.75. The van der Waals surface area contributed by atoms with Crippen LogP contribution in [0.2, 0.25) is 0 Å². The van der Waals surface area contributed by atoms with Crippen LogP contribution in [0.25, 0.3) is 0 Å². The maximum Gasteiger partial charge on any atom is 2.00 e. The van der Waals surface area contributed by atoms with Crippen LogP contribution < -0.4 is 8.32 Å². The molecule has 4 nitrogen and oxygen atoms in total. The van der Waals surface area contributed by atoms with Gasteiger partial charge in [-0.05, 0) is 0 Å². The Morgan fingerprint density at radius 1 is 1.17 bits per heavy atom. The van der Waals surface area contributed by atoms with Crippen LogP contribution in [0.3, 0.4) is 0 Å². The molecule has 0 N–H and O–H groups in total. The minimum Gasteiger partial charge on any atom is 2.00 e. The summed E-state index contributed by atoms with van der Waals surface area (Å²) in [7, 11) is 0. The molecule has 0 atom stereocenters. The molecule has 0 spiro atoms. The molecule has 6 heteroatoms. The molecule has 0 heterocycles. The topological polar surface area (TPSA) is 80.3 Å². The number of rotatable bonds is 0. The van der Waals surface area contributed by atoms with Crippen molar-refractivity contribution in [2.24, 2.45) is 0 Å². The maximum atomic E-state index is 8.59. The van der Waals surface area contributed by atoms with E-state index in [1.165, 1.54) is 0 Å². The Kier molecular flexibility index (Phi) is 4.68. The zero-order valence-electron chi connectivity index (χ0n) is 2.36. The minimum atomic E-state index is -5.75. The molecule has 6 heavy (non-hydrogen) atoms. The molecule has 0 saturated heterocycles. The fourth-order valence-electron chi connectivity index (χ4n) is 0. The maximum absolute atomic E-state index is 8.59. The van der Waals surface area contributed by atoms with E-state index in [4.69, 9.17) is 15.9 Å². The summed E-state index contributed by atoms with van der Waals surface area (Å²) in [5.41, 5.74) is 0. The third-order valence-corrected chi connectivity index (χ3v) is 0. The van der Waals surface area contributed by atoms with Crippen molar-refractivity contribution in [1.82, 2.24) is 0 Å². The van der Waals surface area contributed by atoms with E-state index < -0.39 is 13.6 Å². The van der Waals surface area contributed by atoms with E-state index in [9.17, 15) is 0 Å². The monoisotopic (exact) mass is 311 g/mol. The van der Waals surface area contributed by atoms with Crippen LogP contribution in [0, 0.1) is 0 Å². The van der Waals surface area contributed by atoms with Gasteiger partial charge in [0.2, 0.25) is 0 Å². The molecule has 0 unspecified atom stereocenters. The first-order chi connectivity index (χ1) is 2.00. The Labute approximate surface area is 50.8 Å². The molecule has 0 aliphatic rings. The molecule has 40 valence electrons. The number of hydrogen-bond donors (Lipinski definition) is 0. The van der Waals surface area contributed by atoms with Gasteiger partial charge in [0.1, 0.15) is 0 Å². The Bertz CT molecular complexity index is 90.7. The molecule has 0 amide bonds. The average Bonchev–Trinajstić information content (AvgIpc) is 0.722. The standard InChI is InChI=1S/Cr.4O.Pt/q;;;2*-1;+2. The second kappa shape index (κ2) is 2.84. The van der Waals surface area contributed by atoms with E-state index in [0.717, 1.165) is 0 Å². The van der Waals surface area contributed by atoms with Crippen LogP contribution in [-0.4, -0.2) is 0 Å². The molecule has 0 aromatic carbocycles. The Hall–Kier alpha value is 0.741. The molecule has 0 aliphatic heterocycles. The fraction of sp³-hybridized carbons (Fsp3) is 0. The summed E-state index contributed by atoms with van der Waals surface area (Å²) < 4.78 is 34.4. The van der Waals surface area contributed by atoms with Gasteiger partial charge in [-0.15, -0.1) is 0 Å². The summed E-state index contributed by atoms with van der Waals surface area (Å²) in [4.78, 5) is 0. The second-order valence-electron chi connectivity index (χ2n) is 0.408. The third kappa shape index (κ3) is 121. The van der Waals surface area contributed by atoms with Gasteiger partial charge in [-0.25, -0.2) is 0 Å². The largest absolute Gasteiger partial charge is 2.00 e. The van der Waals surface area contributed by atoms with Crippen LogP contribution >= 0.6 is 0 Å². The van der Waals surface area contributed by atoms with Gasteiger partial charge >= 0.3 is 50.6 Å². The van der Waals surface area contributed by atoms with Gasteiger partial charge in [-0.1, -0.05) is 0 Å². The van der Waals surface area contributed by atoms with E-state index >= 15 is 0 Å². The van der Waals surface area contributed by atoms with Crippen LogP contribution in [-0.2, 0) is 42.3 Å². The van der Waals surface area contributed by atoms with E-state index in [1.54, 1.807) is 0 Å². The SMILES string of the molecule is [O]=[Cr](=[O])([O-])[O-].[Pt+2]. The van der Waals surface area contributed by atoms with Crippen molar-refractivity contribution in [2.45, 2.75) is 0 Å². The van der Waals surface area contributed by atoms with E-state index in [2.05, 4.69) is 0 Å². The fourth-order valence-corrected chi connectivity index (χ4v) is 0. The Morgan fingerprint density at radius 2 is 1.17 bits per heavy atom. The summed E-state index contributed by atoms with van der Waals surface area (Å²) in [6, 6.07) is 0. The zero-order valence-corrected chi connectivity index (χ0v) is 5.90. The van der Waals surface area contributed by atoms with Crippen LogP contribution in [0.4, 0.5) is 0 Å². The molecule has 0 rings (SSSR count). The molecular weight excluding hydrogens is 311 g/mol. The Balaban J connectivity index is 0. The van der Waals surface area contributed by atoms with Gasteiger partial charge in [-0.2, -0.15) is 0 Å². The van der Waals surface area contributed by atoms with E-state index in [0.29, 0.717) is 0 Å². The van der Waals surface area contributed by atoms with Gasteiger partial charge in [0, 0.05) is 0 Å². The molecule has 0 aliphatic carbocycles. The van der Waals surface area contributed by atoms with Gasteiger partial charge < -0.3 is 0 Å². The molecule has 0 fully saturated rings. The zero-order chi connectivity index (χ0) is 4.50. The van der Waals surface area contributed by atoms with Crippen LogP contribution in [0.15, 0.2) is 0 Å². The van der Waals surface area contributed by atoms with Crippen molar-refractivity contribution in [1.29, 1.82) is 0 Å². The molecule has 0 bridgehead atoms. The molecule has 0 saturated carbocycles. The first kappa shape index (κ1) is 9.88. The van der Waals surface area contributed by atoms with Gasteiger partial charge in [0.05, 0.1) is 0 Å². The van der Waals surface area contributed by atoms with Crippen molar-refractivity contribution in [3.05, 3.63) is 0 Å². The number of hydrogen-bond acceptors (Lipinski definition) is 4. The summed E-state index contributed by atoms with van der Waals surface area (Å²) in [5.74, 6) is 0. The van der Waals surface area contributed by atoms with Crippen molar-refractivity contribution in [2.75, 3.05) is 0 Å². The minimum absolute atomic E-state index is 0. The van der Waals surface area contributed by atoms with Crippen molar-refractivity contribution < 1.29 is 50.6 Å². The Morgan fingerprint density at radius 3 is 1.17 bits per heavy atom. The average molecular weight is 311 g/mol. The second-order valence-corrected chi connectivity index (χ2v) is 1.68. The van der Waals surface area contributed by atoms with E-state index in [1.807, 2.05) is 0 Å². The molecule has 0 radical (unpaired) electrons. The molecule has 0 aromatic heterocycles. The summed E-state index contributed by atoms with van der Waals surface area (Å²) >= 11 is -5.75. The van der Waals surface area contributed by atoms with Crippen molar-refractivity contribution in [3.63, 3.8) is 0 Å². The summed E-state index contributed by atoms with van der Waals surface area (Å²) in [6.45, 7) is 0. The van der Waals surface area contributed by atoms with Gasteiger partial charge in [-0.3, -0.25) is 0 Å². The third-order valence-electron chi connectivity index (χ3n) is 0. The van der Waals surface area contributed by atoms with Crippen molar-refractivity contribution in [3.8, 4) is 0 Å². The van der Waals surface area contributed by atoms with Crippen LogP contribution in [0.1, 0.15) is 0 Å². The van der Waals surface area contributed by atoms with E-state index in [-0.39, 0.29) is 21.1 Å². The quantitative estimate of drug-likeness (QED) is 0.491. The van der Waals surface area contributed by atoms with Crippen molar-refractivity contribution >= 4 is 0 Å². The first-order valence-electron chi connectivity index (χ1n) is 0.667. The summed E-state index contributed by atoms with van der Waals surface area (Å²) in [6.07, 6.45) is 0. The summed E-state index contributed by atoms with van der Waals surface area (Å²) in [5, 5.41) is 0. The van der Waals surface area contributed by atoms with Crippen LogP contribution in [0.5, 0.6) is 0 Å². The molecular formula is CrO4Pt. The predicted molar refractivity (Wildman–Crippen MR) is 1.37 cm³/mol.